The molecule has 5 aromatic rings. The lowest BCUT2D eigenvalue weighted by Gasteiger charge is -2.32. The molecule has 1 aliphatic rings. The van der Waals surface area contributed by atoms with Crippen LogP contribution in [-0.4, -0.2) is 64.2 Å². The van der Waals surface area contributed by atoms with Crippen LogP contribution >= 0.6 is 22.9 Å². The van der Waals surface area contributed by atoms with Crippen molar-refractivity contribution in [3.8, 4) is 22.8 Å². The molecule has 1 unspecified atom stereocenters. The van der Waals surface area contributed by atoms with Gasteiger partial charge in [-0.3, -0.25) is 19.2 Å². The van der Waals surface area contributed by atoms with Gasteiger partial charge in [-0.05, 0) is 76.0 Å². The van der Waals surface area contributed by atoms with Crippen molar-refractivity contribution in [3.63, 3.8) is 0 Å². The SMILES string of the molecule is [2H]C([2H])([2H])N(Cc1ccnc(OC)c1)C1CCc2nc(C)n(CCOc3ccc(Cl)cc3-c3cc(C)nc4c(C(=O)OC)csc34)c(=O)c2C1. The molecule has 0 spiro atoms. The zero-order chi connectivity index (χ0) is 35.7. The summed E-state index contributed by atoms with van der Waals surface area (Å²) < 4.78 is 43.8. The first-order valence-corrected chi connectivity index (χ1v) is 16.4. The monoisotopic (exact) mass is 676 g/mol. The van der Waals surface area contributed by atoms with E-state index < -0.39 is 19.0 Å². The van der Waals surface area contributed by atoms with Crippen molar-refractivity contribution in [1.29, 1.82) is 0 Å². The number of carbonyl (C=O) groups is 1. The van der Waals surface area contributed by atoms with Crippen molar-refractivity contribution in [2.75, 3.05) is 27.8 Å². The van der Waals surface area contributed by atoms with Gasteiger partial charge in [0.1, 0.15) is 18.2 Å². The molecule has 6 rings (SSSR count). The molecule has 10 nitrogen and oxygen atoms in total. The quantitative estimate of drug-likeness (QED) is 0.163. The molecule has 1 atom stereocenters. The molecule has 4 heterocycles. The lowest BCUT2D eigenvalue weighted by atomic mass is 9.91. The minimum atomic E-state index is -2.39. The molecule has 0 N–H and O–H groups in total. The number of likely N-dealkylation sites (N-methyl/N-ethyl adjacent to an activating group) is 1. The maximum absolute atomic E-state index is 14.0. The van der Waals surface area contributed by atoms with Crippen LogP contribution in [0.2, 0.25) is 5.02 Å². The molecule has 0 fully saturated rings. The average Bonchev–Trinajstić information content (AvgIpc) is 3.51. The molecule has 47 heavy (non-hydrogen) atoms. The van der Waals surface area contributed by atoms with Gasteiger partial charge in [-0.2, -0.15) is 0 Å². The standard InChI is InChI=1S/C35H36ClN5O5S/c1-20-14-26(33-32(38-20)28(19-47-33)35(43)45-5)25-16-23(36)6-9-30(25)46-13-12-41-21(2)39-29-8-7-24(17-27(29)34(41)42)40(3)18-22-10-11-37-31(15-22)44-4/h6,9-11,14-16,19,24H,7-8,12-13,17-18H2,1-5H3/i3D3. The maximum atomic E-state index is 14.0. The molecule has 0 radical (unpaired) electrons. The largest absolute Gasteiger partial charge is 0.491 e. The van der Waals surface area contributed by atoms with E-state index >= 15 is 0 Å². The summed E-state index contributed by atoms with van der Waals surface area (Å²) in [6.07, 6.45) is 2.90. The van der Waals surface area contributed by atoms with Crippen molar-refractivity contribution in [3.05, 3.63) is 97.3 Å². The Hall–Kier alpha value is -4.32. The van der Waals surface area contributed by atoms with Crippen LogP contribution in [0.5, 0.6) is 11.6 Å². The Morgan fingerprint density at radius 3 is 2.81 bits per heavy atom. The van der Waals surface area contributed by atoms with E-state index in [1.54, 1.807) is 53.4 Å². The number of nitrogens with zero attached hydrogens (tertiary/aromatic N) is 5. The highest BCUT2D eigenvalue weighted by Gasteiger charge is 2.27. The zero-order valence-electron chi connectivity index (χ0n) is 29.5. The number of esters is 1. The van der Waals surface area contributed by atoms with Gasteiger partial charge in [-0.25, -0.2) is 14.8 Å². The number of benzene rings is 1. The number of aromatic nitrogens is 4. The Morgan fingerprint density at radius 1 is 1.17 bits per heavy atom. The van der Waals surface area contributed by atoms with E-state index in [2.05, 4.69) is 9.97 Å². The number of carbonyl (C=O) groups excluding carboxylic acids is 1. The molecule has 0 saturated heterocycles. The molecule has 12 heteroatoms. The number of aryl methyl sites for hydroxylation is 3. The second-order valence-electron chi connectivity index (χ2n) is 11.4. The van der Waals surface area contributed by atoms with Crippen molar-refractivity contribution < 1.29 is 23.1 Å². The predicted molar refractivity (Wildman–Crippen MR) is 183 cm³/mol. The number of pyridine rings is 2. The topological polar surface area (TPSA) is 109 Å². The Kier molecular flexibility index (Phi) is 8.48. The molecule has 1 aromatic carbocycles. The lowest BCUT2D eigenvalue weighted by Crippen LogP contribution is -2.41. The number of ether oxygens (including phenoxy) is 3. The summed E-state index contributed by atoms with van der Waals surface area (Å²) in [4.78, 5) is 41.3. The minimum Gasteiger partial charge on any atom is -0.491 e. The van der Waals surface area contributed by atoms with Gasteiger partial charge in [0.25, 0.3) is 5.56 Å². The third kappa shape index (κ3) is 6.74. The van der Waals surface area contributed by atoms with Gasteiger partial charge in [0.05, 0.1) is 42.2 Å². The molecule has 1 aliphatic carbocycles. The predicted octanol–water partition coefficient (Wildman–Crippen LogP) is 6.05. The zero-order valence-corrected chi connectivity index (χ0v) is 28.1. The Morgan fingerprint density at radius 2 is 2.02 bits per heavy atom. The van der Waals surface area contributed by atoms with Crippen LogP contribution < -0.4 is 15.0 Å². The second-order valence-corrected chi connectivity index (χ2v) is 12.7. The van der Waals surface area contributed by atoms with Crippen molar-refractivity contribution in [2.45, 2.75) is 52.2 Å². The highest BCUT2D eigenvalue weighted by atomic mass is 35.5. The lowest BCUT2D eigenvalue weighted by molar-refractivity contribution is 0.0603. The fraction of sp³-hybridized carbons (Fsp3) is 0.343. The fourth-order valence-electron chi connectivity index (χ4n) is 6.00. The summed E-state index contributed by atoms with van der Waals surface area (Å²) in [6.45, 7) is 1.77. The molecule has 4 aromatic heterocycles. The molecule has 0 aliphatic heterocycles. The Labute approximate surface area is 286 Å². The number of fused-ring (bicyclic) bond motifs is 2. The third-order valence-electron chi connectivity index (χ3n) is 8.36. The van der Waals surface area contributed by atoms with Crippen LogP contribution in [0.4, 0.5) is 0 Å². The van der Waals surface area contributed by atoms with Gasteiger partial charge in [0.15, 0.2) is 0 Å². The average molecular weight is 677 g/mol. The van der Waals surface area contributed by atoms with Crippen molar-refractivity contribution >= 4 is 39.1 Å². The van der Waals surface area contributed by atoms with Crippen LogP contribution in [0, 0.1) is 13.8 Å². The van der Waals surface area contributed by atoms with E-state index in [-0.39, 0.29) is 31.7 Å². The first kappa shape index (κ1) is 28.9. The van der Waals surface area contributed by atoms with E-state index in [0.717, 1.165) is 21.4 Å². The molecular weight excluding hydrogens is 638 g/mol. The summed E-state index contributed by atoms with van der Waals surface area (Å²) in [7, 11) is 2.85. The van der Waals surface area contributed by atoms with Gasteiger partial charge in [-0.1, -0.05) is 11.6 Å². The number of rotatable bonds is 10. The van der Waals surface area contributed by atoms with Crippen molar-refractivity contribution in [1.82, 2.24) is 24.4 Å². The smallest absolute Gasteiger partial charge is 0.340 e. The molecule has 0 bridgehead atoms. The van der Waals surface area contributed by atoms with E-state index in [9.17, 15) is 9.59 Å². The molecule has 0 saturated carbocycles. The van der Waals surface area contributed by atoms with Crippen LogP contribution in [0.1, 0.15) is 49.2 Å². The normalized spacial score (nSPS) is 15.5. The van der Waals surface area contributed by atoms with Crippen LogP contribution in [0.3, 0.4) is 0 Å². The third-order valence-corrected chi connectivity index (χ3v) is 9.59. The van der Waals surface area contributed by atoms with Crippen LogP contribution in [0.25, 0.3) is 21.3 Å². The van der Waals surface area contributed by atoms with Gasteiger partial charge in [0.2, 0.25) is 5.88 Å². The number of methoxy groups -OCH3 is 2. The Bertz CT molecular complexity index is 2140. The van der Waals surface area contributed by atoms with E-state index in [1.807, 2.05) is 13.0 Å². The van der Waals surface area contributed by atoms with Crippen LogP contribution in [-0.2, 0) is 30.7 Å². The highest BCUT2D eigenvalue weighted by molar-refractivity contribution is 7.18. The second kappa shape index (κ2) is 13.8. The molecule has 0 amide bonds. The van der Waals surface area contributed by atoms with Gasteiger partial charge < -0.3 is 14.2 Å². The number of hydrogen-bond acceptors (Lipinski definition) is 10. The van der Waals surface area contributed by atoms with E-state index in [4.69, 9.17) is 34.9 Å². The number of thiophene rings is 1. The summed E-state index contributed by atoms with van der Waals surface area (Å²) in [5.74, 6) is 1.05. The Balaban J connectivity index is 1.25. The first-order chi connectivity index (χ1) is 23.9. The first-order valence-electron chi connectivity index (χ1n) is 16.6. The number of halogens is 1. The van der Waals surface area contributed by atoms with E-state index in [0.29, 0.717) is 63.3 Å². The maximum Gasteiger partial charge on any atom is 0.340 e. The van der Waals surface area contributed by atoms with Gasteiger partial charge in [0, 0.05) is 61.7 Å². The van der Waals surface area contributed by atoms with Crippen LogP contribution in [0.15, 0.2) is 52.8 Å². The summed E-state index contributed by atoms with van der Waals surface area (Å²) in [6, 6.07) is 10.3. The number of hydrogen-bond donors (Lipinski definition) is 0. The summed E-state index contributed by atoms with van der Waals surface area (Å²) in [5.41, 5.74) is 4.95. The van der Waals surface area contributed by atoms with Gasteiger partial charge in [-0.15, -0.1) is 11.3 Å². The minimum absolute atomic E-state index is 0.148. The van der Waals surface area contributed by atoms with E-state index in [1.165, 1.54) is 30.5 Å². The molecule has 244 valence electrons. The molecular formula is C35H36ClN5O5S. The fourth-order valence-corrected chi connectivity index (χ4v) is 7.18. The van der Waals surface area contributed by atoms with Crippen molar-refractivity contribution in [2.24, 2.45) is 0 Å². The van der Waals surface area contributed by atoms with Gasteiger partial charge >= 0.3 is 5.97 Å². The summed E-state index contributed by atoms with van der Waals surface area (Å²) >= 11 is 7.84. The summed E-state index contributed by atoms with van der Waals surface area (Å²) in [5, 5.41) is 2.24. The highest BCUT2D eigenvalue weighted by Crippen LogP contribution is 2.40.